The first-order valence-corrected chi connectivity index (χ1v) is 10.4. The monoisotopic (exact) mass is 436 g/mol. The molecule has 0 unspecified atom stereocenters. The molecule has 1 fully saturated rings. The van der Waals surface area contributed by atoms with E-state index in [0.717, 1.165) is 30.6 Å². The number of nitrogens with one attached hydrogen (secondary N) is 1. The first-order chi connectivity index (χ1) is 13.2. The van der Waals surface area contributed by atoms with Gasteiger partial charge in [0, 0.05) is 25.5 Å². The minimum Gasteiger partial charge on any atom is -0.384 e. The van der Waals surface area contributed by atoms with Crippen LogP contribution in [0.25, 0.3) is 5.95 Å². The summed E-state index contributed by atoms with van der Waals surface area (Å²) in [5.41, 5.74) is 0.818. The van der Waals surface area contributed by atoms with Crippen molar-refractivity contribution in [2.75, 3.05) is 23.8 Å². The summed E-state index contributed by atoms with van der Waals surface area (Å²) >= 11 is 3.38. The number of carbonyl (C=O) groups excluding carboxylic acids is 1. The second-order valence-electron chi connectivity index (χ2n) is 6.48. The van der Waals surface area contributed by atoms with Gasteiger partial charge in [0.15, 0.2) is 10.6 Å². The first-order valence-electron chi connectivity index (χ1n) is 9.60. The first kappa shape index (κ1) is 21.3. The Balaban J connectivity index is 0.000000596. The zero-order valence-electron chi connectivity index (χ0n) is 16.4. The molecule has 1 saturated carbocycles. The Kier molecular flexibility index (Phi) is 8.71. The number of aromatic nitrogens is 4. The number of rotatable bonds is 7. The average Bonchev–Trinajstić information content (AvgIpc) is 3.37. The Morgan fingerprint density at radius 1 is 1.30 bits per heavy atom. The van der Waals surface area contributed by atoms with Crippen LogP contribution in [0.15, 0.2) is 23.3 Å². The molecule has 27 heavy (non-hydrogen) atoms. The highest BCUT2D eigenvalue weighted by atomic mass is 79.9. The van der Waals surface area contributed by atoms with Gasteiger partial charge in [0.2, 0.25) is 5.95 Å². The number of unbranched alkanes of at least 4 members (excludes halogenated alkanes) is 1. The average molecular weight is 437 g/mol. The van der Waals surface area contributed by atoms with Gasteiger partial charge in [0.05, 0.1) is 18.4 Å². The van der Waals surface area contributed by atoms with Gasteiger partial charge < -0.3 is 15.0 Å². The van der Waals surface area contributed by atoms with Crippen LogP contribution in [0.1, 0.15) is 52.4 Å². The molecule has 0 aromatic carbocycles. The van der Waals surface area contributed by atoms with Crippen LogP contribution in [0.5, 0.6) is 0 Å². The maximum atomic E-state index is 11.2. The maximum absolute atomic E-state index is 11.2. The maximum Gasteiger partial charge on any atom is 0.237 e. The lowest BCUT2D eigenvalue weighted by atomic mass is 10.2. The van der Waals surface area contributed by atoms with E-state index in [-0.39, 0.29) is 0 Å². The van der Waals surface area contributed by atoms with E-state index in [1.54, 1.807) is 23.2 Å². The topological polar surface area (TPSA) is 75.9 Å². The minimum atomic E-state index is 0.334. The molecular weight excluding hydrogens is 408 g/mol. The number of hydrogen-bond donors (Lipinski definition) is 1. The highest BCUT2D eigenvalue weighted by Crippen LogP contribution is 2.31. The quantitative estimate of drug-likeness (QED) is 0.654. The van der Waals surface area contributed by atoms with Gasteiger partial charge in [0.25, 0.3) is 0 Å². The molecule has 2 heterocycles. The number of imidazole rings is 1. The highest BCUT2D eigenvalue weighted by molar-refractivity contribution is 9.10. The SMILES string of the molecule is CCCC.CNc1cnc(-n2ccnc2Br)nc1N(CC=O)C1CCCC1. The molecule has 0 amide bonds. The van der Waals surface area contributed by atoms with Crippen LogP contribution in [0, 0.1) is 0 Å². The van der Waals surface area contributed by atoms with Crippen LogP contribution in [0.2, 0.25) is 0 Å². The van der Waals surface area contributed by atoms with Crippen LogP contribution in [0.3, 0.4) is 0 Å². The molecule has 0 bridgehead atoms. The molecule has 0 radical (unpaired) electrons. The largest absolute Gasteiger partial charge is 0.384 e. The molecule has 0 saturated heterocycles. The number of anilines is 2. The van der Waals surface area contributed by atoms with Crippen molar-refractivity contribution in [3.8, 4) is 5.95 Å². The predicted molar refractivity (Wildman–Crippen MR) is 113 cm³/mol. The second kappa shape index (κ2) is 11.0. The van der Waals surface area contributed by atoms with Gasteiger partial charge in [-0.2, -0.15) is 4.98 Å². The molecule has 0 spiro atoms. The third-order valence-electron chi connectivity index (χ3n) is 4.65. The molecule has 3 rings (SSSR count). The molecule has 2 aromatic rings. The van der Waals surface area contributed by atoms with Crippen molar-refractivity contribution in [3.63, 3.8) is 0 Å². The molecule has 0 atom stereocenters. The van der Waals surface area contributed by atoms with E-state index in [0.29, 0.717) is 23.3 Å². The van der Waals surface area contributed by atoms with E-state index in [1.165, 1.54) is 25.7 Å². The van der Waals surface area contributed by atoms with Crippen molar-refractivity contribution in [1.29, 1.82) is 0 Å². The third kappa shape index (κ3) is 5.51. The van der Waals surface area contributed by atoms with Crippen molar-refractivity contribution in [2.24, 2.45) is 0 Å². The van der Waals surface area contributed by atoms with E-state index in [4.69, 9.17) is 4.98 Å². The van der Waals surface area contributed by atoms with E-state index in [2.05, 4.69) is 50.0 Å². The summed E-state index contributed by atoms with van der Waals surface area (Å²) in [5, 5.41) is 3.13. The number of aldehydes is 1. The van der Waals surface area contributed by atoms with Crippen LogP contribution in [0.4, 0.5) is 11.5 Å². The molecule has 2 aromatic heterocycles. The fourth-order valence-corrected chi connectivity index (χ4v) is 3.41. The molecule has 0 aliphatic heterocycles. The Hall–Kier alpha value is -1.96. The van der Waals surface area contributed by atoms with Gasteiger partial charge in [-0.25, -0.2) is 9.97 Å². The van der Waals surface area contributed by atoms with Crippen LogP contribution in [-0.2, 0) is 4.79 Å². The van der Waals surface area contributed by atoms with E-state index in [9.17, 15) is 4.79 Å². The summed E-state index contributed by atoms with van der Waals surface area (Å²) in [6.07, 6.45) is 13.4. The van der Waals surface area contributed by atoms with Crippen LogP contribution >= 0.6 is 15.9 Å². The lowest BCUT2D eigenvalue weighted by Gasteiger charge is -2.29. The fourth-order valence-electron chi connectivity index (χ4n) is 3.01. The minimum absolute atomic E-state index is 0.334. The molecule has 1 aliphatic rings. The number of halogens is 1. The van der Waals surface area contributed by atoms with E-state index in [1.807, 2.05) is 7.05 Å². The molecule has 148 valence electrons. The Labute approximate surface area is 169 Å². The zero-order valence-corrected chi connectivity index (χ0v) is 17.9. The number of hydrogen-bond acceptors (Lipinski definition) is 6. The predicted octanol–water partition coefficient (Wildman–Crippen LogP) is 4.22. The summed E-state index contributed by atoms with van der Waals surface area (Å²) in [6.45, 7) is 4.70. The van der Waals surface area contributed by atoms with Gasteiger partial charge in [-0.1, -0.05) is 39.5 Å². The van der Waals surface area contributed by atoms with Gasteiger partial charge >= 0.3 is 0 Å². The second-order valence-corrected chi connectivity index (χ2v) is 7.19. The summed E-state index contributed by atoms with van der Waals surface area (Å²) in [7, 11) is 1.84. The smallest absolute Gasteiger partial charge is 0.237 e. The normalized spacial score (nSPS) is 13.8. The van der Waals surface area contributed by atoms with E-state index >= 15 is 0 Å². The Bertz CT molecular complexity index is 712. The Morgan fingerprint density at radius 3 is 2.52 bits per heavy atom. The zero-order chi connectivity index (χ0) is 19.6. The number of nitrogens with zero attached hydrogens (tertiary/aromatic N) is 5. The molecule has 1 N–H and O–H groups in total. The molecule has 7 nitrogen and oxygen atoms in total. The summed E-state index contributed by atoms with van der Waals surface area (Å²) in [4.78, 5) is 26.5. The summed E-state index contributed by atoms with van der Waals surface area (Å²) < 4.78 is 2.40. The molecule has 8 heteroatoms. The lowest BCUT2D eigenvalue weighted by Crippen LogP contribution is -2.36. The van der Waals surface area contributed by atoms with Crippen LogP contribution < -0.4 is 10.2 Å². The van der Waals surface area contributed by atoms with Crippen molar-refractivity contribution in [3.05, 3.63) is 23.3 Å². The van der Waals surface area contributed by atoms with Gasteiger partial charge in [-0.3, -0.25) is 4.57 Å². The van der Waals surface area contributed by atoms with Gasteiger partial charge in [-0.15, -0.1) is 0 Å². The summed E-state index contributed by atoms with van der Waals surface area (Å²) in [6, 6.07) is 0.348. The Morgan fingerprint density at radius 2 is 2.00 bits per heavy atom. The third-order valence-corrected chi connectivity index (χ3v) is 5.23. The highest BCUT2D eigenvalue weighted by Gasteiger charge is 2.26. The molecule has 1 aliphatic carbocycles. The van der Waals surface area contributed by atoms with Crippen molar-refractivity contribution < 1.29 is 4.79 Å². The lowest BCUT2D eigenvalue weighted by molar-refractivity contribution is -0.106. The fraction of sp³-hybridized carbons (Fsp3) is 0.579. The summed E-state index contributed by atoms with van der Waals surface area (Å²) in [5.74, 6) is 1.29. The molecular formula is C19H29BrN6O. The van der Waals surface area contributed by atoms with Crippen molar-refractivity contribution >= 4 is 33.7 Å². The van der Waals surface area contributed by atoms with Crippen molar-refractivity contribution in [2.45, 2.75) is 58.4 Å². The van der Waals surface area contributed by atoms with Gasteiger partial charge in [0.1, 0.15) is 6.29 Å². The van der Waals surface area contributed by atoms with Gasteiger partial charge in [-0.05, 0) is 28.8 Å². The van der Waals surface area contributed by atoms with E-state index < -0.39 is 0 Å². The number of carbonyl (C=O) groups is 1. The van der Waals surface area contributed by atoms with Crippen LogP contribution in [-0.4, -0.2) is 45.4 Å². The van der Waals surface area contributed by atoms with Crippen molar-refractivity contribution in [1.82, 2.24) is 19.5 Å². The standard InChI is InChI=1S/C15H19BrN6O.C4H10/c1-17-12-10-19-15(22-7-6-18-14(22)16)20-13(12)21(8-9-23)11-4-2-3-5-11;1-3-4-2/h6-7,9-11,17H,2-5,8H2,1H3;3-4H2,1-2H3.